The van der Waals surface area contributed by atoms with Crippen LogP contribution >= 0.6 is 0 Å². The van der Waals surface area contributed by atoms with Crippen molar-refractivity contribution in [2.75, 3.05) is 4.90 Å². The number of hydrogen-bond donors (Lipinski definition) is 3. The molecular weight excluding hydrogens is 1060 g/mol. The lowest BCUT2D eigenvalue weighted by atomic mass is 10.1. The SMILES string of the molecule is O=C(O)Cc1n[n+](-c2ccc3cc4c(cc3c2)n2c(-c3ccccc3)nnc2c2nnc(-c3ccccc3)n42)c2n1-c1ccc(-[n+]3nc(-c4ccccc4)n4c5ccccc5n5c(-c6ccccc6)nnc5c43)cc1N1C2=NNC1CC(=O)O. The number of nitrogens with zero attached hydrogens (tertiary/aromatic N) is 17. The van der Waals surface area contributed by atoms with E-state index in [0.29, 0.717) is 80.3 Å². The summed E-state index contributed by atoms with van der Waals surface area (Å²) in [7, 11) is 0. The number of benzene rings is 8. The molecule has 1 unspecified atom stereocenters. The van der Waals surface area contributed by atoms with Gasteiger partial charge in [-0.25, -0.2) is 0 Å². The molecule has 400 valence electrons. The third-order valence-corrected chi connectivity index (χ3v) is 15.7. The summed E-state index contributed by atoms with van der Waals surface area (Å²) < 4.78 is 13.4. The van der Waals surface area contributed by atoms with Crippen molar-refractivity contribution in [3.63, 3.8) is 0 Å². The fraction of sp³-hybridized carbons (Fsp3) is 0.0484. The van der Waals surface area contributed by atoms with E-state index >= 15 is 0 Å². The van der Waals surface area contributed by atoms with Crippen molar-refractivity contribution >= 4 is 78.9 Å². The molecule has 0 bridgehead atoms. The third-order valence-electron chi connectivity index (χ3n) is 15.7. The highest BCUT2D eigenvalue weighted by Crippen LogP contribution is 2.39. The highest BCUT2D eigenvalue weighted by molar-refractivity contribution is 6.12. The van der Waals surface area contributed by atoms with E-state index in [1.165, 1.54) is 0 Å². The molecule has 3 N–H and O–H groups in total. The number of nitrogens with one attached hydrogen (secondary N) is 1. The normalized spacial score (nSPS) is 13.8. The number of hydrazone groups is 1. The predicted octanol–water partition coefficient (Wildman–Crippen LogP) is 7.84. The molecule has 0 saturated carbocycles. The van der Waals surface area contributed by atoms with Gasteiger partial charge in [0.2, 0.25) is 17.1 Å². The van der Waals surface area contributed by atoms with E-state index in [2.05, 4.69) is 27.1 Å². The molecular formula is C62H40N18O4+2. The molecule has 9 heterocycles. The first-order chi connectivity index (χ1) is 41.3. The molecule has 17 rings (SSSR count). The zero-order valence-electron chi connectivity index (χ0n) is 43.8. The lowest BCUT2D eigenvalue weighted by molar-refractivity contribution is -0.658. The van der Waals surface area contributed by atoms with Crippen molar-refractivity contribution in [1.29, 1.82) is 0 Å². The number of para-hydroxylation sites is 2. The molecule has 0 radical (unpaired) electrons. The van der Waals surface area contributed by atoms with Crippen LogP contribution in [-0.2, 0) is 16.0 Å². The second-order valence-corrected chi connectivity index (χ2v) is 20.5. The lowest BCUT2D eigenvalue weighted by Crippen LogP contribution is -2.50. The van der Waals surface area contributed by atoms with Gasteiger partial charge in [0, 0.05) is 28.3 Å². The first-order valence-electron chi connectivity index (χ1n) is 26.9. The summed E-state index contributed by atoms with van der Waals surface area (Å²) >= 11 is 0. The summed E-state index contributed by atoms with van der Waals surface area (Å²) in [5.41, 5.74) is 14.3. The number of hydrogen-bond acceptors (Lipinski definition) is 13. The number of carbonyl (C=O) groups is 2. The molecule has 0 saturated heterocycles. The topological polar surface area (TPSA) is 236 Å². The van der Waals surface area contributed by atoms with Gasteiger partial charge in [-0.3, -0.25) is 33.1 Å². The van der Waals surface area contributed by atoms with Gasteiger partial charge < -0.3 is 10.2 Å². The summed E-state index contributed by atoms with van der Waals surface area (Å²) in [6, 6.07) is 63.3. The fourth-order valence-electron chi connectivity index (χ4n) is 12.1. The highest BCUT2D eigenvalue weighted by Gasteiger charge is 2.48. The number of rotatable bonds is 10. The van der Waals surface area contributed by atoms with Crippen LogP contribution in [0.4, 0.5) is 5.69 Å². The van der Waals surface area contributed by atoms with Crippen LogP contribution in [0.25, 0.3) is 118 Å². The molecule has 15 aromatic rings. The monoisotopic (exact) mass is 1100 g/mol. The summed E-state index contributed by atoms with van der Waals surface area (Å²) in [6.45, 7) is 0. The van der Waals surface area contributed by atoms with Crippen molar-refractivity contribution < 1.29 is 29.2 Å². The van der Waals surface area contributed by atoms with Gasteiger partial charge in [-0.1, -0.05) is 131 Å². The van der Waals surface area contributed by atoms with Crippen molar-refractivity contribution in [1.82, 2.24) is 68.4 Å². The average molecular weight is 1100 g/mol. The molecule has 0 amide bonds. The maximum Gasteiger partial charge on any atom is 0.360 e. The second-order valence-electron chi connectivity index (χ2n) is 20.5. The Morgan fingerprint density at radius 3 is 1.56 bits per heavy atom. The van der Waals surface area contributed by atoms with Crippen LogP contribution in [0.3, 0.4) is 0 Å². The van der Waals surface area contributed by atoms with Crippen molar-refractivity contribution in [2.24, 2.45) is 5.10 Å². The van der Waals surface area contributed by atoms with Crippen molar-refractivity contribution in [2.45, 2.75) is 19.0 Å². The first-order valence-corrected chi connectivity index (χ1v) is 26.9. The second kappa shape index (κ2) is 17.7. The highest BCUT2D eigenvalue weighted by atomic mass is 16.4. The molecule has 1 atom stereocenters. The Hall–Kier alpha value is -12.1. The predicted molar refractivity (Wildman–Crippen MR) is 309 cm³/mol. The summed E-state index contributed by atoms with van der Waals surface area (Å²) in [6.07, 6.45) is -1.69. The molecule has 2 aliphatic heterocycles. The lowest BCUT2D eigenvalue weighted by Gasteiger charge is -2.29. The van der Waals surface area contributed by atoms with Crippen LogP contribution in [0.5, 0.6) is 0 Å². The molecule has 2 aliphatic rings. The molecule has 84 heavy (non-hydrogen) atoms. The standard InChI is InChI=1S/C62H38N18O4/c81-51(82)33-49-63-69-59-61-74(45-28-27-42(32-48(45)73(49)59)80-62-60-70-66-53(35-15-5-1-6-16-35)75(60)43-23-13-14-24-44(43)78(62)56(72-80)38-21-11-4-12-22-38)50(34-52(83)84)71-79(61)41-26-25-39-30-46-47(31-40(39)29-41)77-55(37-19-9-3-10-20-37)65-68-58(77)57-67-64-54(76(46)57)36-17-7-2-8-18-36/h1-32,49H,33-34H2,(H-,81,82,83,84)/p+2. The Morgan fingerprint density at radius 1 is 0.464 bits per heavy atom. The number of aromatic nitrogens is 15. The molecule has 0 spiro atoms. The summed E-state index contributed by atoms with van der Waals surface area (Å²) in [5.74, 6) is 1.29. The number of anilines is 1. The minimum atomic E-state index is -1.11. The average Bonchev–Trinajstić information content (AvgIpc) is 1.83. The fourth-order valence-corrected chi connectivity index (χ4v) is 12.1. The van der Waals surface area contributed by atoms with Gasteiger partial charge in [-0.05, 0) is 87.7 Å². The Kier molecular flexibility index (Phi) is 9.87. The molecule has 0 aliphatic carbocycles. The summed E-state index contributed by atoms with van der Waals surface area (Å²) in [4.78, 5) is 27.6. The van der Waals surface area contributed by atoms with E-state index in [-0.39, 0.29) is 12.2 Å². The van der Waals surface area contributed by atoms with Crippen LogP contribution < -0.4 is 19.7 Å². The van der Waals surface area contributed by atoms with Crippen molar-refractivity contribution in [3.05, 3.63) is 206 Å². The third kappa shape index (κ3) is 6.81. The van der Waals surface area contributed by atoms with Crippen LogP contribution in [-0.4, -0.2) is 97.1 Å². The minimum Gasteiger partial charge on any atom is -0.481 e. The number of carboxylic acid groups (broad SMARTS) is 2. The first kappa shape index (κ1) is 46.8. The van der Waals surface area contributed by atoms with Gasteiger partial charge in [-0.2, -0.15) is 14.1 Å². The Labute approximate surface area is 471 Å². The Morgan fingerprint density at radius 2 is 0.976 bits per heavy atom. The van der Waals surface area contributed by atoms with Gasteiger partial charge >= 0.3 is 23.4 Å². The molecule has 0 fully saturated rings. The minimum absolute atomic E-state index is 0.202. The Balaban J connectivity index is 0.889. The van der Waals surface area contributed by atoms with E-state index in [1.807, 2.05) is 205 Å². The van der Waals surface area contributed by atoms with E-state index in [9.17, 15) is 19.8 Å². The quantitative estimate of drug-likeness (QED) is 0.0874. The van der Waals surface area contributed by atoms with Gasteiger partial charge in [0.15, 0.2) is 40.1 Å². The largest absolute Gasteiger partial charge is 0.481 e. The maximum atomic E-state index is 13.0. The van der Waals surface area contributed by atoms with Crippen LogP contribution in [0, 0.1) is 0 Å². The molecule has 7 aromatic heterocycles. The van der Waals surface area contributed by atoms with Crippen molar-refractivity contribution in [3.8, 4) is 62.6 Å². The zero-order chi connectivity index (χ0) is 55.9. The van der Waals surface area contributed by atoms with Crippen LogP contribution in [0.15, 0.2) is 199 Å². The summed E-state index contributed by atoms with van der Waals surface area (Å²) in [5, 5.41) is 66.6. The van der Waals surface area contributed by atoms with Gasteiger partial charge in [0.1, 0.15) is 12.6 Å². The number of aliphatic carboxylic acids is 2. The molecule has 22 nitrogen and oxygen atoms in total. The maximum absolute atomic E-state index is 13.0. The van der Waals surface area contributed by atoms with Crippen LogP contribution in [0.1, 0.15) is 18.1 Å². The number of amidine groups is 1. The zero-order valence-corrected chi connectivity index (χ0v) is 43.8. The van der Waals surface area contributed by atoms with E-state index in [1.54, 1.807) is 9.25 Å². The number of fused-ring (bicyclic) bond motifs is 19. The number of carboxylic acids is 2. The van der Waals surface area contributed by atoms with Crippen LogP contribution in [0.2, 0.25) is 0 Å². The van der Waals surface area contributed by atoms with E-state index < -0.39 is 24.5 Å². The van der Waals surface area contributed by atoms with Gasteiger partial charge in [0.05, 0.1) is 28.7 Å². The molecule has 22 heteroatoms. The van der Waals surface area contributed by atoms with E-state index in [0.717, 1.165) is 55.1 Å². The van der Waals surface area contributed by atoms with E-state index in [4.69, 9.17) is 40.8 Å². The smallest absolute Gasteiger partial charge is 0.360 e. The van der Waals surface area contributed by atoms with Gasteiger partial charge in [-0.15, -0.1) is 30.6 Å². The van der Waals surface area contributed by atoms with Gasteiger partial charge in [0.25, 0.3) is 17.3 Å². The molecule has 8 aromatic carbocycles. The Bertz CT molecular complexity index is 5330.